The topological polar surface area (TPSA) is 55.7 Å². The minimum Gasteiger partial charge on any atom is -0.236 e. The Kier molecular flexibility index (Phi) is 3.32. The summed E-state index contributed by atoms with van der Waals surface area (Å²) >= 11 is 0. The fraction of sp³-hybridized carbons (Fsp3) is 0.900. The van der Waals surface area contributed by atoms with E-state index in [4.69, 9.17) is 4.28 Å². The zero-order valence-electron chi connectivity index (χ0n) is 9.68. The molecular weight excluding hydrogens is 228 g/mol. The molecule has 0 amide bonds. The van der Waals surface area contributed by atoms with Crippen molar-refractivity contribution >= 4 is 16.0 Å². The van der Waals surface area contributed by atoms with Crippen LogP contribution < -0.4 is 0 Å². The van der Waals surface area contributed by atoms with E-state index in [0.29, 0.717) is 0 Å². The Balaban J connectivity index is 2.30. The van der Waals surface area contributed by atoms with Crippen molar-refractivity contribution in [1.82, 2.24) is 0 Å². The molecular formula is C10H19N2O3S+. The molecule has 0 N–H and O–H groups in total. The Hall–Kier alpha value is -0.460. The average Bonchev–Trinajstić information content (AvgIpc) is 2.36. The largest absolute Gasteiger partial charge is 0.311 e. The smallest absolute Gasteiger partial charge is 0.236 e. The van der Waals surface area contributed by atoms with Gasteiger partial charge in [0.05, 0.1) is 12.8 Å². The second kappa shape index (κ2) is 4.43. The molecule has 0 bridgehead atoms. The zero-order valence-corrected chi connectivity index (χ0v) is 10.5. The van der Waals surface area contributed by atoms with E-state index < -0.39 is 10.1 Å². The standard InChI is InChI=1S/C10H19N2O3S/c1-16(13,14)15-12-8-4-2-3-6-10(12)11-7-5-9-12/h2-9H2,1H3/q+1. The maximum absolute atomic E-state index is 11.4. The number of rotatable bonds is 2. The van der Waals surface area contributed by atoms with Gasteiger partial charge >= 0.3 is 10.1 Å². The van der Waals surface area contributed by atoms with Gasteiger partial charge in [-0.3, -0.25) is 0 Å². The lowest BCUT2D eigenvalue weighted by molar-refractivity contribution is -1.01. The first-order valence-corrected chi connectivity index (χ1v) is 7.66. The summed E-state index contributed by atoms with van der Waals surface area (Å²) in [6.45, 7) is 2.29. The number of hydrogen-bond acceptors (Lipinski definition) is 4. The van der Waals surface area contributed by atoms with Gasteiger partial charge in [-0.1, -0.05) is 4.28 Å². The quantitative estimate of drug-likeness (QED) is 0.686. The van der Waals surface area contributed by atoms with E-state index in [2.05, 4.69) is 4.99 Å². The lowest BCUT2D eigenvalue weighted by Crippen LogP contribution is -2.56. The maximum atomic E-state index is 11.4. The van der Waals surface area contributed by atoms with Crippen LogP contribution in [0, 0.1) is 0 Å². The van der Waals surface area contributed by atoms with E-state index in [1.54, 1.807) is 0 Å². The third-order valence-electron chi connectivity index (χ3n) is 3.14. The predicted molar refractivity (Wildman–Crippen MR) is 61.3 cm³/mol. The van der Waals surface area contributed by atoms with Crippen LogP contribution in [0.1, 0.15) is 32.1 Å². The summed E-state index contributed by atoms with van der Waals surface area (Å²) < 4.78 is 28.2. The van der Waals surface area contributed by atoms with Gasteiger partial charge in [0.15, 0.2) is 0 Å². The molecule has 2 heterocycles. The average molecular weight is 247 g/mol. The molecule has 6 heteroatoms. The number of fused-ring (bicyclic) bond motifs is 1. The van der Waals surface area contributed by atoms with Crippen molar-refractivity contribution < 1.29 is 17.3 Å². The molecule has 1 fully saturated rings. The van der Waals surface area contributed by atoms with Gasteiger partial charge in [-0.2, -0.15) is 8.42 Å². The molecule has 0 spiro atoms. The van der Waals surface area contributed by atoms with Crippen molar-refractivity contribution in [2.45, 2.75) is 32.1 Å². The molecule has 0 aromatic heterocycles. The van der Waals surface area contributed by atoms with Crippen molar-refractivity contribution in [2.75, 3.05) is 25.9 Å². The lowest BCUT2D eigenvalue weighted by atomic mass is 10.2. The summed E-state index contributed by atoms with van der Waals surface area (Å²) in [4.78, 5) is 4.47. The highest BCUT2D eigenvalue weighted by Gasteiger charge is 2.42. The first-order chi connectivity index (χ1) is 7.52. The number of amidine groups is 1. The molecule has 1 unspecified atom stereocenters. The van der Waals surface area contributed by atoms with Crippen LogP contribution in [-0.4, -0.2) is 44.8 Å². The Morgan fingerprint density at radius 2 is 1.94 bits per heavy atom. The highest BCUT2D eigenvalue weighted by molar-refractivity contribution is 7.85. The molecule has 2 rings (SSSR count). The summed E-state index contributed by atoms with van der Waals surface area (Å²) in [6.07, 6.45) is 6.12. The van der Waals surface area contributed by atoms with Crippen molar-refractivity contribution in [3.05, 3.63) is 0 Å². The third-order valence-corrected chi connectivity index (χ3v) is 3.70. The van der Waals surface area contributed by atoms with E-state index in [1.807, 2.05) is 0 Å². The number of hydrogen-bond donors (Lipinski definition) is 0. The van der Waals surface area contributed by atoms with Crippen molar-refractivity contribution in [1.29, 1.82) is 0 Å². The van der Waals surface area contributed by atoms with Crippen LogP contribution in [0.4, 0.5) is 0 Å². The van der Waals surface area contributed by atoms with Crippen molar-refractivity contribution in [3.63, 3.8) is 0 Å². The van der Waals surface area contributed by atoms with Gasteiger partial charge in [-0.15, -0.1) is 4.65 Å². The Labute approximate surface area is 96.8 Å². The van der Waals surface area contributed by atoms with Gasteiger partial charge in [0, 0.05) is 19.3 Å². The molecule has 16 heavy (non-hydrogen) atoms. The Bertz CT molecular complexity index is 391. The first-order valence-electron chi connectivity index (χ1n) is 5.84. The molecule has 0 aromatic rings. The third kappa shape index (κ3) is 2.61. The van der Waals surface area contributed by atoms with Crippen LogP contribution in [0.2, 0.25) is 0 Å². The molecule has 2 aliphatic rings. The SMILES string of the molecule is CS(=O)(=O)O[N+]12CCCCCC1=NCCC2. The zero-order chi connectivity index (χ0) is 11.6. The summed E-state index contributed by atoms with van der Waals surface area (Å²) in [7, 11) is -3.43. The molecule has 0 saturated carbocycles. The molecule has 0 radical (unpaired) electrons. The molecule has 92 valence electrons. The molecule has 2 aliphatic heterocycles. The summed E-state index contributed by atoms with van der Waals surface area (Å²) in [5.74, 6) is 0.925. The van der Waals surface area contributed by atoms with Crippen LogP contribution in [0.3, 0.4) is 0 Å². The van der Waals surface area contributed by atoms with Gasteiger partial charge in [0.2, 0.25) is 5.84 Å². The molecule has 5 nitrogen and oxygen atoms in total. The second-order valence-electron chi connectivity index (χ2n) is 4.58. The molecule has 1 saturated heterocycles. The van der Waals surface area contributed by atoms with Crippen LogP contribution in [0.25, 0.3) is 0 Å². The Morgan fingerprint density at radius 3 is 2.69 bits per heavy atom. The number of quaternary nitrogens is 1. The number of aliphatic imine (C=N–C) groups is 1. The highest BCUT2D eigenvalue weighted by atomic mass is 32.2. The highest BCUT2D eigenvalue weighted by Crippen LogP contribution is 2.26. The van der Waals surface area contributed by atoms with E-state index in [-0.39, 0.29) is 4.65 Å². The lowest BCUT2D eigenvalue weighted by Gasteiger charge is -2.34. The number of hydroxylamine groups is 3. The normalized spacial score (nSPS) is 31.4. The fourth-order valence-corrected chi connectivity index (χ4v) is 3.27. The second-order valence-corrected chi connectivity index (χ2v) is 6.13. The predicted octanol–water partition coefficient (Wildman–Crippen LogP) is 1.07. The summed E-state index contributed by atoms with van der Waals surface area (Å²) in [5.41, 5.74) is 0. The molecule has 0 aromatic carbocycles. The Morgan fingerprint density at radius 1 is 1.19 bits per heavy atom. The summed E-state index contributed by atoms with van der Waals surface area (Å²) in [5, 5.41) is 0. The summed E-state index contributed by atoms with van der Waals surface area (Å²) in [6, 6.07) is 0. The van der Waals surface area contributed by atoms with Gasteiger partial charge < -0.3 is 0 Å². The van der Waals surface area contributed by atoms with E-state index in [1.165, 1.54) is 0 Å². The van der Waals surface area contributed by atoms with Crippen molar-refractivity contribution in [3.8, 4) is 0 Å². The van der Waals surface area contributed by atoms with Gasteiger partial charge in [0.25, 0.3) is 0 Å². The minimum atomic E-state index is -3.43. The van der Waals surface area contributed by atoms with E-state index >= 15 is 0 Å². The first kappa shape index (κ1) is 12.0. The van der Waals surface area contributed by atoms with Crippen LogP contribution >= 0.6 is 0 Å². The molecule has 1 atom stereocenters. The van der Waals surface area contributed by atoms with E-state index in [0.717, 1.165) is 63.8 Å². The maximum Gasteiger partial charge on any atom is 0.311 e. The number of nitrogens with zero attached hydrogens (tertiary/aromatic N) is 2. The van der Waals surface area contributed by atoms with Gasteiger partial charge in [-0.25, -0.2) is 4.99 Å². The monoisotopic (exact) mass is 247 g/mol. The minimum absolute atomic E-state index is 0.138. The van der Waals surface area contributed by atoms with E-state index in [9.17, 15) is 8.42 Å². The van der Waals surface area contributed by atoms with Crippen molar-refractivity contribution in [2.24, 2.45) is 4.99 Å². The van der Waals surface area contributed by atoms with Crippen LogP contribution in [0.15, 0.2) is 4.99 Å². The van der Waals surface area contributed by atoms with Crippen LogP contribution in [-0.2, 0) is 14.4 Å². The van der Waals surface area contributed by atoms with Gasteiger partial charge in [-0.05, 0) is 12.8 Å². The fourth-order valence-electron chi connectivity index (χ4n) is 2.52. The van der Waals surface area contributed by atoms with Crippen LogP contribution in [0.5, 0.6) is 0 Å². The van der Waals surface area contributed by atoms with Gasteiger partial charge in [0.1, 0.15) is 13.1 Å². The molecule has 0 aliphatic carbocycles.